The predicted octanol–water partition coefficient (Wildman–Crippen LogP) is 4.80. The molecule has 146 valence electrons. The lowest BCUT2D eigenvalue weighted by Crippen LogP contribution is -2.32. The number of aromatic nitrogens is 3. The summed E-state index contributed by atoms with van der Waals surface area (Å²) in [5.74, 6) is 1.30. The Hall–Kier alpha value is -2.72. The van der Waals surface area contributed by atoms with Gasteiger partial charge in [0.2, 0.25) is 0 Å². The van der Waals surface area contributed by atoms with Crippen molar-refractivity contribution in [2.75, 3.05) is 7.11 Å². The summed E-state index contributed by atoms with van der Waals surface area (Å²) in [6.45, 7) is 9.84. The molecule has 2 aromatic heterocycles. The Morgan fingerprint density at radius 3 is 2.21 bits per heavy atom. The van der Waals surface area contributed by atoms with E-state index in [-0.39, 0.29) is 0 Å². The number of pyridine rings is 1. The number of ether oxygens (including phenoxy) is 1. The van der Waals surface area contributed by atoms with Gasteiger partial charge in [-0.05, 0) is 39.0 Å². The molecule has 0 aliphatic rings. The van der Waals surface area contributed by atoms with E-state index in [0.29, 0.717) is 16.5 Å². The first-order chi connectivity index (χ1) is 13.6. The summed E-state index contributed by atoms with van der Waals surface area (Å²) in [5.41, 5.74) is 3.16. The number of hydrogen-bond donors (Lipinski definition) is 0. The van der Waals surface area contributed by atoms with Gasteiger partial charge in [0, 0.05) is 15.8 Å². The van der Waals surface area contributed by atoms with Crippen LogP contribution in [0.2, 0.25) is 5.02 Å². The molecule has 28 heavy (non-hydrogen) atoms. The third kappa shape index (κ3) is 4.39. The predicted molar refractivity (Wildman–Crippen MR) is 118 cm³/mol. The maximum Gasteiger partial charge on any atom is 0.179 e. The van der Waals surface area contributed by atoms with Gasteiger partial charge in [-0.25, -0.2) is 15.0 Å². The van der Waals surface area contributed by atoms with Crippen molar-refractivity contribution in [3.8, 4) is 28.5 Å². The van der Waals surface area contributed by atoms with Crippen LogP contribution in [0.3, 0.4) is 0 Å². The van der Waals surface area contributed by atoms with E-state index in [2.05, 4.69) is 4.98 Å². The van der Waals surface area contributed by atoms with Crippen molar-refractivity contribution in [1.29, 1.82) is 0 Å². The van der Waals surface area contributed by atoms with Crippen LogP contribution in [-0.2, 0) is 0 Å². The topological polar surface area (TPSA) is 47.9 Å². The Morgan fingerprint density at radius 2 is 1.64 bits per heavy atom. The van der Waals surface area contributed by atoms with Crippen LogP contribution in [0.25, 0.3) is 34.9 Å². The number of nitrogens with zero attached hydrogens (tertiary/aromatic N) is 3. The number of rotatable bonds is 3. The SMILES string of the molecule is C/C=c1/c(-c2ccccc2Cl)nc(-c2ccc(OC)c(C)n2)n/c1=C/C.CC. The molecular formula is C23H26ClN3O. The standard InChI is InChI=1S/C21H20ClN3O.C2H6/c1-5-14-17(6-2)24-21(18-11-12-19(26-4)13(3)23-18)25-20(14)15-9-7-8-10-16(15)22;1-2/h5-12H,1-4H3;1-2H3/b14-5+,17-6+;. The molecule has 0 bridgehead atoms. The van der Waals surface area contributed by atoms with Crippen LogP contribution >= 0.6 is 11.6 Å². The van der Waals surface area contributed by atoms with Crippen molar-refractivity contribution in [3.05, 3.63) is 57.7 Å². The molecule has 2 heterocycles. The van der Waals surface area contributed by atoms with E-state index in [9.17, 15) is 0 Å². The number of methoxy groups -OCH3 is 1. The Bertz CT molecular complexity index is 1080. The summed E-state index contributed by atoms with van der Waals surface area (Å²) in [7, 11) is 1.63. The lowest BCUT2D eigenvalue weighted by atomic mass is 10.1. The Labute approximate surface area is 171 Å². The molecule has 0 saturated heterocycles. The van der Waals surface area contributed by atoms with Crippen LogP contribution in [0.1, 0.15) is 33.4 Å². The number of benzene rings is 1. The Morgan fingerprint density at radius 1 is 0.929 bits per heavy atom. The summed E-state index contributed by atoms with van der Waals surface area (Å²) in [6.07, 6.45) is 3.97. The second kappa shape index (κ2) is 10.00. The molecule has 3 rings (SSSR count). The lowest BCUT2D eigenvalue weighted by Gasteiger charge is -2.09. The molecule has 0 atom stereocenters. The van der Waals surface area contributed by atoms with Crippen LogP contribution in [0.4, 0.5) is 0 Å². The number of hydrogen-bond acceptors (Lipinski definition) is 4. The molecule has 0 spiro atoms. The Balaban J connectivity index is 0.00000136. The van der Waals surface area contributed by atoms with Gasteiger partial charge in [0.15, 0.2) is 5.82 Å². The maximum atomic E-state index is 6.43. The second-order valence-electron chi connectivity index (χ2n) is 5.74. The monoisotopic (exact) mass is 395 g/mol. The molecule has 5 heteroatoms. The molecule has 0 amide bonds. The molecule has 1 aromatic carbocycles. The molecule has 3 aromatic rings. The summed E-state index contributed by atoms with van der Waals surface area (Å²) >= 11 is 6.43. The highest BCUT2D eigenvalue weighted by Crippen LogP contribution is 2.25. The summed E-state index contributed by atoms with van der Waals surface area (Å²) in [5, 5.41) is 2.46. The second-order valence-corrected chi connectivity index (χ2v) is 6.14. The highest BCUT2D eigenvalue weighted by atomic mass is 35.5. The summed E-state index contributed by atoms with van der Waals surface area (Å²) in [6, 6.07) is 11.4. The van der Waals surface area contributed by atoms with E-state index >= 15 is 0 Å². The van der Waals surface area contributed by atoms with Crippen LogP contribution in [0, 0.1) is 6.92 Å². The van der Waals surface area contributed by atoms with Crippen molar-refractivity contribution in [2.45, 2.75) is 34.6 Å². The summed E-state index contributed by atoms with van der Waals surface area (Å²) in [4.78, 5) is 14.1. The number of halogens is 1. The maximum absolute atomic E-state index is 6.43. The van der Waals surface area contributed by atoms with Crippen molar-refractivity contribution in [2.24, 2.45) is 0 Å². The van der Waals surface area contributed by atoms with Gasteiger partial charge >= 0.3 is 0 Å². The fourth-order valence-corrected chi connectivity index (χ4v) is 3.08. The Kier molecular flexibility index (Phi) is 7.70. The quantitative estimate of drug-likeness (QED) is 0.638. The lowest BCUT2D eigenvalue weighted by molar-refractivity contribution is 0.409. The van der Waals surface area contributed by atoms with E-state index in [1.165, 1.54) is 0 Å². The minimum Gasteiger partial charge on any atom is -0.495 e. The van der Waals surface area contributed by atoms with E-state index in [1.807, 2.05) is 83.2 Å². The largest absolute Gasteiger partial charge is 0.495 e. The van der Waals surface area contributed by atoms with Crippen LogP contribution in [0.15, 0.2) is 36.4 Å². The smallest absolute Gasteiger partial charge is 0.179 e. The van der Waals surface area contributed by atoms with Crippen LogP contribution in [-0.4, -0.2) is 22.1 Å². The van der Waals surface area contributed by atoms with E-state index in [4.69, 9.17) is 26.3 Å². The van der Waals surface area contributed by atoms with E-state index in [0.717, 1.165) is 33.3 Å². The zero-order valence-electron chi connectivity index (χ0n) is 17.2. The van der Waals surface area contributed by atoms with Gasteiger partial charge < -0.3 is 4.74 Å². The molecule has 0 radical (unpaired) electrons. The van der Waals surface area contributed by atoms with Gasteiger partial charge in [0.25, 0.3) is 0 Å². The molecule has 0 aliphatic carbocycles. The van der Waals surface area contributed by atoms with Gasteiger partial charge in [0.05, 0.1) is 23.8 Å². The third-order valence-electron chi connectivity index (χ3n) is 4.15. The minimum absolute atomic E-state index is 0.560. The van der Waals surface area contributed by atoms with Crippen molar-refractivity contribution >= 4 is 23.8 Å². The zero-order valence-corrected chi connectivity index (χ0v) is 18.0. The average molecular weight is 396 g/mol. The van der Waals surface area contributed by atoms with Crippen molar-refractivity contribution < 1.29 is 4.74 Å². The number of aryl methyl sites for hydroxylation is 1. The normalized spacial score (nSPS) is 11.8. The van der Waals surface area contributed by atoms with Gasteiger partial charge in [-0.3, -0.25) is 0 Å². The van der Waals surface area contributed by atoms with Crippen molar-refractivity contribution in [1.82, 2.24) is 15.0 Å². The molecular weight excluding hydrogens is 370 g/mol. The molecule has 0 saturated carbocycles. The van der Waals surface area contributed by atoms with Gasteiger partial charge in [-0.15, -0.1) is 0 Å². The summed E-state index contributed by atoms with van der Waals surface area (Å²) < 4.78 is 5.29. The van der Waals surface area contributed by atoms with E-state index < -0.39 is 0 Å². The van der Waals surface area contributed by atoms with Gasteiger partial charge in [-0.2, -0.15) is 0 Å². The molecule has 0 aliphatic heterocycles. The van der Waals surface area contributed by atoms with Crippen molar-refractivity contribution in [3.63, 3.8) is 0 Å². The van der Waals surface area contributed by atoms with Gasteiger partial charge in [0.1, 0.15) is 11.4 Å². The minimum atomic E-state index is 0.560. The molecule has 0 fully saturated rings. The highest BCUT2D eigenvalue weighted by Gasteiger charge is 2.13. The molecule has 0 unspecified atom stereocenters. The fraction of sp³-hybridized carbons (Fsp3) is 0.261. The molecule has 0 N–H and O–H groups in total. The highest BCUT2D eigenvalue weighted by molar-refractivity contribution is 6.33. The molecule has 4 nitrogen and oxygen atoms in total. The van der Waals surface area contributed by atoms with Crippen LogP contribution < -0.4 is 15.3 Å². The van der Waals surface area contributed by atoms with Gasteiger partial charge in [-0.1, -0.05) is 55.8 Å². The first kappa shape index (κ1) is 21.6. The van der Waals surface area contributed by atoms with E-state index in [1.54, 1.807) is 7.11 Å². The first-order valence-electron chi connectivity index (χ1n) is 9.36. The fourth-order valence-electron chi connectivity index (χ4n) is 2.85. The average Bonchev–Trinajstić information content (AvgIpc) is 2.74. The van der Waals surface area contributed by atoms with Crippen LogP contribution in [0.5, 0.6) is 5.75 Å². The first-order valence-corrected chi connectivity index (χ1v) is 9.74. The third-order valence-corrected chi connectivity index (χ3v) is 4.48. The zero-order chi connectivity index (χ0) is 20.7.